The molecule has 5 heteroatoms. The highest BCUT2D eigenvalue weighted by molar-refractivity contribution is 5.97. The van der Waals surface area contributed by atoms with E-state index in [1.165, 1.54) is 5.56 Å². The third kappa shape index (κ3) is 6.80. The number of aryl methyl sites for hydroxylation is 1. The third-order valence-corrected chi connectivity index (χ3v) is 5.36. The number of rotatable bonds is 9. The van der Waals surface area contributed by atoms with Gasteiger partial charge in [0.2, 0.25) is 5.91 Å². The molecule has 2 aromatic rings. The summed E-state index contributed by atoms with van der Waals surface area (Å²) in [5, 5.41) is 3.04. The summed E-state index contributed by atoms with van der Waals surface area (Å²) in [5.74, 6) is -0.0639. The molecule has 3 rings (SSSR count). The van der Waals surface area contributed by atoms with E-state index in [1.807, 2.05) is 49.4 Å². The van der Waals surface area contributed by atoms with Crippen LogP contribution in [0.15, 0.2) is 54.6 Å². The van der Waals surface area contributed by atoms with Gasteiger partial charge in [-0.2, -0.15) is 0 Å². The number of carbonyl (C=O) groups is 2. The average molecular weight is 395 g/mol. The fraction of sp³-hybridized carbons (Fsp3) is 0.417. The second kappa shape index (κ2) is 10.9. The molecule has 0 aliphatic carbocycles. The van der Waals surface area contributed by atoms with Crippen LogP contribution in [0.25, 0.3) is 0 Å². The maximum Gasteiger partial charge on any atom is 0.220 e. The first-order chi connectivity index (χ1) is 14.1. The average Bonchev–Trinajstić information content (AvgIpc) is 2.76. The van der Waals surface area contributed by atoms with Crippen LogP contribution in [0.5, 0.6) is 0 Å². The van der Waals surface area contributed by atoms with E-state index in [2.05, 4.69) is 22.3 Å². The van der Waals surface area contributed by atoms with Crippen LogP contribution in [-0.2, 0) is 16.0 Å². The van der Waals surface area contributed by atoms with Crippen molar-refractivity contribution >= 4 is 11.7 Å². The molecule has 0 aromatic heterocycles. The summed E-state index contributed by atoms with van der Waals surface area (Å²) in [5.41, 5.74) is 3.04. The Labute approximate surface area is 173 Å². The van der Waals surface area contributed by atoms with Gasteiger partial charge >= 0.3 is 0 Å². The van der Waals surface area contributed by atoms with Crippen molar-refractivity contribution < 1.29 is 14.3 Å². The van der Waals surface area contributed by atoms with E-state index in [-0.39, 0.29) is 30.6 Å². The Morgan fingerprint density at radius 1 is 1.00 bits per heavy atom. The molecule has 1 aliphatic rings. The van der Waals surface area contributed by atoms with Gasteiger partial charge in [0.05, 0.1) is 13.2 Å². The molecule has 1 unspecified atom stereocenters. The molecule has 0 radical (unpaired) electrons. The van der Waals surface area contributed by atoms with Crippen LogP contribution in [0, 0.1) is 6.92 Å². The lowest BCUT2D eigenvalue weighted by Crippen LogP contribution is -2.49. The highest BCUT2D eigenvalue weighted by Crippen LogP contribution is 2.12. The summed E-state index contributed by atoms with van der Waals surface area (Å²) in [6.07, 6.45) is 1.33. The second-order valence-corrected chi connectivity index (χ2v) is 7.59. The zero-order valence-electron chi connectivity index (χ0n) is 17.1. The van der Waals surface area contributed by atoms with Crippen molar-refractivity contribution in [1.29, 1.82) is 0 Å². The van der Waals surface area contributed by atoms with Gasteiger partial charge in [-0.05, 0) is 18.9 Å². The minimum Gasteiger partial charge on any atom is -0.379 e. The van der Waals surface area contributed by atoms with Crippen molar-refractivity contribution in [3.63, 3.8) is 0 Å². The lowest BCUT2D eigenvalue weighted by molar-refractivity contribution is -0.121. The zero-order valence-corrected chi connectivity index (χ0v) is 17.1. The maximum atomic E-state index is 12.4. The molecule has 2 aromatic carbocycles. The van der Waals surface area contributed by atoms with Crippen LogP contribution in [0.2, 0.25) is 0 Å². The normalized spacial score (nSPS) is 15.6. The summed E-state index contributed by atoms with van der Waals surface area (Å²) < 4.78 is 5.47. The minimum atomic E-state index is -0.0724. The fourth-order valence-corrected chi connectivity index (χ4v) is 3.59. The van der Waals surface area contributed by atoms with Crippen molar-refractivity contribution in [2.24, 2.45) is 0 Å². The van der Waals surface area contributed by atoms with Crippen LogP contribution >= 0.6 is 0 Å². The van der Waals surface area contributed by atoms with Gasteiger partial charge in [-0.25, -0.2) is 0 Å². The summed E-state index contributed by atoms with van der Waals surface area (Å²) in [6, 6.07) is 18.0. The molecule has 1 saturated heterocycles. The molecule has 0 bridgehead atoms. The predicted octanol–water partition coefficient (Wildman–Crippen LogP) is 3.02. The molecule has 29 heavy (non-hydrogen) atoms. The number of benzene rings is 2. The van der Waals surface area contributed by atoms with Crippen molar-refractivity contribution in [2.75, 3.05) is 32.8 Å². The van der Waals surface area contributed by atoms with Gasteiger partial charge in [-0.1, -0.05) is 60.2 Å². The summed E-state index contributed by atoms with van der Waals surface area (Å²) in [4.78, 5) is 27.0. The first-order valence-electron chi connectivity index (χ1n) is 10.3. The number of nitrogens with one attached hydrogen (secondary N) is 1. The van der Waals surface area contributed by atoms with Crippen LogP contribution in [0.1, 0.15) is 34.3 Å². The molecular formula is C24H30N2O3. The lowest BCUT2D eigenvalue weighted by Gasteiger charge is -2.34. The quantitative estimate of drug-likeness (QED) is 0.664. The molecule has 1 atom stereocenters. The van der Waals surface area contributed by atoms with Gasteiger partial charge in [-0.3, -0.25) is 14.5 Å². The topological polar surface area (TPSA) is 58.6 Å². The molecule has 5 nitrogen and oxygen atoms in total. The van der Waals surface area contributed by atoms with Crippen LogP contribution in [0.4, 0.5) is 0 Å². The van der Waals surface area contributed by atoms with Gasteiger partial charge in [-0.15, -0.1) is 0 Å². The monoisotopic (exact) mass is 394 g/mol. The Kier molecular flexibility index (Phi) is 7.96. The van der Waals surface area contributed by atoms with Gasteiger partial charge in [0.15, 0.2) is 5.78 Å². The van der Waals surface area contributed by atoms with E-state index in [0.29, 0.717) is 12.1 Å². The number of hydrogen-bond acceptors (Lipinski definition) is 4. The van der Waals surface area contributed by atoms with Crippen LogP contribution in [0.3, 0.4) is 0 Å². The number of amides is 1. The molecule has 0 spiro atoms. The van der Waals surface area contributed by atoms with Crippen LogP contribution < -0.4 is 5.32 Å². The van der Waals surface area contributed by atoms with Crippen LogP contribution in [-0.4, -0.2) is 55.5 Å². The fourth-order valence-electron chi connectivity index (χ4n) is 3.59. The van der Waals surface area contributed by atoms with E-state index < -0.39 is 0 Å². The Morgan fingerprint density at radius 2 is 1.69 bits per heavy atom. The number of Topliss-reactive ketones (excluding diaryl/α,β-unsaturated/α-hetero) is 1. The molecule has 154 valence electrons. The Hall–Kier alpha value is -2.50. The van der Waals surface area contributed by atoms with Gasteiger partial charge < -0.3 is 10.1 Å². The number of hydrogen-bond donors (Lipinski definition) is 1. The number of ether oxygens (including phenoxy) is 1. The van der Waals surface area contributed by atoms with Gasteiger partial charge in [0, 0.05) is 44.1 Å². The largest absolute Gasteiger partial charge is 0.379 e. The lowest BCUT2D eigenvalue weighted by atomic mass is 10.0. The smallest absolute Gasteiger partial charge is 0.220 e. The maximum absolute atomic E-state index is 12.4. The standard InChI is InChI=1S/C24H30N2O3/c1-19-7-9-21(10-8-19)23(27)11-12-24(28)25-18-22(26-13-15-29-16-14-26)17-20-5-3-2-4-6-20/h2-10,22H,11-18H2,1H3,(H,25,28). The van der Waals surface area contributed by atoms with Gasteiger partial charge in [0.1, 0.15) is 0 Å². The molecular weight excluding hydrogens is 364 g/mol. The molecule has 1 heterocycles. The van der Waals surface area contributed by atoms with Crippen molar-refractivity contribution in [1.82, 2.24) is 10.2 Å². The number of carbonyl (C=O) groups excluding carboxylic acids is 2. The second-order valence-electron chi connectivity index (χ2n) is 7.59. The SMILES string of the molecule is Cc1ccc(C(=O)CCC(=O)NCC(Cc2ccccc2)N2CCOCC2)cc1. The van der Waals surface area contributed by atoms with E-state index >= 15 is 0 Å². The molecule has 0 saturated carbocycles. The highest BCUT2D eigenvalue weighted by Gasteiger charge is 2.22. The summed E-state index contributed by atoms with van der Waals surface area (Å²) in [6.45, 7) is 5.77. The van der Waals surface area contributed by atoms with Crippen molar-refractivity contribution in [3.05, 3.63) is 71.3 Å². The van der Waals surface area contributed by atoms with Gasteiger partial charge in [0.25, 0.3) is 0 Å². The van der Waals surface area contributed by atoms with Crippen molar-refractivity contribution in [3.8, 4) is 0 Å². The number of ketones is 1. The summed E-state index contributed by atoms with van der Waals surface area (Å²) in [7, 11) is 0. The third-order valence-electron chi connectivity index (χ3n) is 5.36. The number of nitrogens with zero attached hydrogens (tertiary/aromatic N) is 1. The first-order valence-corrected chi connectivity index (χ1v) is 10.3. The minimum absolute atomic E-state index is 0.00849. The van der Waals surface area contributed by atoms with E-state index in [1.54, 1.807) is 0 Å². The molecule has 1 aliphatic heterocycles. The van der Waals surface area contributed by atoms with E-state index in [9.17, 15) is 9.59 Å². The summed E-state index contributed by atoms with van der Waals surface area (Å²) >= 11 is 0. The Balaban J connectivity index is 1.50. The zero-order chi connectivity index (χ0) is 20.5. The Bertz CT molecular complexity index is 784. The molecule has 1 N–H and O–H groups in total. The van der Waals surface area contributed by atoms with Crippen molar-refractivity contribution in [2.45, 2.75) is 32.2 Å². The molecule has 1 fully saturated rings. The predicted molar refractivity (Wildman–Crippen MR) is 114 cm³/mol. The Morgan fingerprint density at radius 3 is 2.38 bits per heavy atom. The highest BCUT2D eigenvalue weighted by atomic mass is 16.5. The molecule has 1 amide bonds. The first kappa shape index (κ1) is 21.2. The van der Waals surface area contributed by atoms with E-state index in [0.717, 1.165) is 38.3 Å². The number of morpholine rings is 1. The van der Waals surface area contributed by atoms with E-state index in [4.69, 9.17) is 4.74 Å².